The molecule has 0 fully saturated rings. The molecule has 0 bridgehead atoms. The highest BCUT2D eigenvalue weighted by molar-refractivity contribution is 5.98. The number of ketones is 1. The molecular weight excluding hydrogens is 228 g/mol. The minimum absolute atomic E-state index is 0.0239. The largest absolute Gasteiger partial charge is 0.379 e. The molecule has 0 amide bonds. The quantitative estimate of drug-likeness (QED) is 0.698. The molecule has 0 aromatic heterocycles. The maximum Gasteiger partial charge on any atom is 0.188 e. The molecule has 0 aliphatic rings. The van der Waals surface area contributed by atoms with Crippen molar-refractivity contribution in [2.45, 2.75) is 33.8 Å². The van der Waals surface area contributed by atoms with Gasteiger partial charge >= 0.3 is 0 Å². The first-order valence-electron chi connectivity index (χ1n) is 6.34. The molecule has 0 radical (unpaired) electrons. The van der Waals surface area contributed by atoms with Crippen molar-refractivity contribution in [1.82, 2.24) is 0 Å². The van der Waals surface area contributed by atoms with E-state index in [1.807, 2.05) is 45.9 Å². The average Bonchev–Trinajstić information content (AvgIpc) is 2.33. The number of carbonyl (C=O) groups is 1. The van der Waals surface area contributed by atoms with Gasteiger partial charge in [-0.3, -0.25) is 4.79 Å². The summed E-state index contributed by atoms with van der Waals surface area (Å²) < 4.78 is 10.7. The second kappa shape index (κ2) is 7.29. The number of Topliss-reactive ketones (excluding diaryl/α,β-unsaturated/α-hetero) is 1. The van der Waals surface area contributed by atoms with Crippen LogP contribution in [0.1, 0.15) is 35.3 Å². The van der Waals surface area contributed by atoms with Crippen molar-refractivity contribution < 1.29 is 14.3 Å². The van der Waals surface area contributed by atoms with Crippen LogP contribution in [0.15, 0.2) is 18.2 Å². The van der Waals surface area contributed by atoms with E-state index in [2.05, 4.69) is 0 Å². The number of ether oxygens (including phenoxy) is 2. The van der Waals surface area contributed by atoms with Crippen LogP contribution >= 0.6 is 0 Å². The van der Waals surface area contributed by atoms with Gasteiger partial charge in [0.05, 0.1) is 12.7 Å². The van der Waals surface area contributed by atoms with E-state index in [0.717, 1.165) is 16.7 Å². The van der Waals surface area contributed by atoms with Crippen molar-refractivity contribution in [3.8, 4) is 0 Å². The lowest BCUT2D eigenvalue weighted by atomic mass is 10.0. The molecule has 1 rings (SSSR count). The number of aryl methyl sites for hydroxylation is 2. The van der Waals surface area contributed by atoms with Crippen LogP contribution in [0.25, 0.3) is 0 Å². The van der Waals surface area contributed by atoms with Gasteiger partial charge in [-0.1, -0.05) is 23.8 Å². The SMILES string of the molecule is CCOCC(C)OCC(=O)c1ccc(C)cc1C. The average molecular weight is 250 g/mol. The lowest BCUT2D eigenvalue weighted by Gasteiger charge is -2.13. The molecule has 1 aromatic rings. The first-order chi connectivity index (χ1) is 8.54. The van der Waals surface area contributed by atoms with Crippen LogP contribution in [0, 0.1) is 13.8 Å². The summed E-state index contributed by atoms with van der Waals surface area (Å²) in [6, 6.07) is 5.82. The first-order valence-corrected chi connectivity index (χ1v) is 6.34. The molecule has 0 saturated carbocycles. The fourth-order valence-corrected chi connectivity index (χ4v) is 1.75. The van der Waals surface area contributed by atoms with Crippen molar-refractivity contribution in [2.75, 3.05) is 19.8 Å². The standard InChI is InChI=1S/C15H22O3/c1-5-17-9-13(4)18-10-15(16)14-7-6-11(2)8-12(14)3/h6-8,13H,5,9-10H2,1-4H3. The number of carbonyl (C=O) groups excluding carboxylic acids is 1. The smallest absolute Gasteiger partial charge is 0.188 e. The maximum atomic E-state index is 12.0. The monoisotopic (exact) mass is 250 g/mol. The van der Waals surface area contributed by atoms with Gasteiger partial charge in [0.1, 0.15) is 6.61 Å². The second-order valence-electron chi connectivity index (χ2n) is 4.52. The number of rotatable bonds is 7. The van der Waals surface area contributed by atoms with E-state index in [1.54, 1.807) is 0 Å². The van der Waals surface area contributed by atoms with Gasteiger partial charge in [-0.05, 0) is 33.3 Å². The molecule has 0 heterocycles. The number of hydrogen-bond donors (Lipinski definition) is 0. The van der Waals surface area contributed by atoms with E-state index < -0.39 is 0 Å². The van der Waals surface area contributed by atoms with Crippen molar-refractivity contribution in [1.29, 1.82) is 0 Å². The van der Waals surface area contributed by atoms with Gasteiger partial charge in [0.15, 0.2) is 5.78 Å². The molecule has 0 aliphatic carbocycles. The molecule has 3 nitrogen and oxygen atoms in total. The predicted molar refractivity (Wildman–Crippen MR) is 72.2 cm³/mol. The Bertz CT molecular complexity index is 399. The van der Waals surface area contributed by atoms with Crippen LogP contribution in [0.3, 0.4) is 0 Å². The van der Waals surface area contributed by atoms with Crippen LogP contribution in [0.2, 0.25) is 0 Å². The Morgan fingerprint density at radius 3 is 2.67 bits per heavy atom. The predicted octanol–water partition coefficient (Wildman–Crippen LogP) is 2.93. The van der Waals surface area contributed by atoms with Gasteiger partial charge in [0.2, 0.25) is 0 Å². The Morgan fingerprint density at radius 1 is 1.33 bits per heavy atom. The Kier molecular flexibility index (Phi) is 6.02. The fourth-order valence-electron chi connectivity index (χ4n) is 1.75. The molecule has 100 valence electrons. The summed E-state index contributed by atoms with van der Waals surface area (Å²) in [5.41, 5.74) is 2.90. The molecule has 1 atom stereocenters. The van der Waals surface area contributed by atoms with Gasteiger partial charge < -0.3 is 9.47 Å². The highest BCUT2D eigenvalue weighted by Gasteiger charge is 2.11. The van der Waals surface area contributed by atoms with Crippen molar-refractivity contribution in [3.05, 3.63) is 34.9 Å². The third kappa shape index (κ3) is 4.59. The summed E-state index contributed by atoms with van der Waals surface area (Å²) in [7, 11) is 0. The molecule has 1 aromatic carbocycles. The first kappa shape index (κ1) is 14.9. The lowest BCUT2D eigenvalue weighted by molar-refractivity contribution is 0.00114. The zero-order chi connectivity index (χ0) is 13.5. The number of hydrogen-bond acceptors (Lipinski definition) is 3. The van der Waals surface area contributed by atoms with Crippen LogP contribution in [0.5, 0.6) is 0 Å². The maximum absolute atomic E-state index is 12.0. The molecule has 0 spiro atoms. The summed E-state index contributed by atoms with van der Waals surface area (Å²) in [6.45, 7) is 9.11. The normalized spacial score (nSPS) is 12.4. The van der Waals surface area contributed by atoms with Gasteiger partial charge in [0, 0.05) is 12.2 Å². The van der Waals surface area contributed by atoms with Crippen molar-refractivity contribution in [3.63, 3.8) is 0 Å². The Morgan fingerprint density at radius 2 is 2.06 bits per heavy atom. The summed E-state index contributed by atoms with van der Waals surface area (Å²) in [6.07, 6.45) is -0.0559. The van der Waals surface area contributed by atoms with E-state index in [0.29, 0.717) is 13.2 Å². The van der Waals surface area contributed by atoms with E-state index in [1.165, 1.54) is 0 Å². The zero-order valence-electron chi connectivity index (χ0n) is 11.7. The molecule has 1 unspecified atom stereocenters. The molecule has 0 saturated heterocycles. The van der Waals surface area contributed by atoms with Crippen LogP contribution in [-0.4, -0.2) is 31.7 Å². The summed E-state index contributed by atoms with van der Waals surface area (Å²) >= 11 is 0. The Hall–Kier alpha value is -1.19. The van der Waals surface area contributed by atoms with Crippen molar-refractivity contribution in [2.24, 2.45) is 0 Å². The third-order valence-corrected chi connectivity index (χ3v) is 2.74. The molecule has 0 N–H and O–H groups in total. The van der Waals surface area contributed by atoms with Gasteiger partial charge in [0.25, 0.3) is 0 Å². The topological polar surface area (TPSA) is 35.5 Å². The van der Waals surface area contributed by atoms with Gasteiger partial charge in [-0.25, -0.2) is 0 Å². The highest BCUT2D eigenvalue weighted by atomic mass is 16.5. The second-order valence-corrected chi connectivity index (χ2v) is 4.52. The van der Waals surface area contributed by atoms with Gasteiger partial charge in [-0.15, -0.1) is 0 Å². The summed E-state index contributed by atoms with van der Waals surface area (Å²) in [5.74, 6) is 0.0239. The molecule has 3 heteroatoms. The Balaban J connectivity index is 2.50. The lowest BCUT2D eigenvalue weighted by Crippen LogP contribution is -2.21. The van der Waals surface area contributed by atoms with E-state index >= 15 is 0 Å². The Labute approximate surface area is 109 Å². The molecule has 0 aliphatic heterocycles. The minimum atomic E-state index is -0.0559. The highest BCUT2D eigenvalue weighted by Crippen LogP contribution is 2.11. The molecule has 18 heavy (non-hydrogen) atoms. The number of benzene rings is 1. The van der Waals surface area contributed by atoms with Crippen LogP contribution < -0.4 is 0 Å². The fraction of sp³-hybridized carbons (Fsp3) is 0.533. The van der Waals surface area contributed by atoms with Crippen LogP contribution in [0.4, 0.5) is 0 Å². The van der Waals surface area contributed by atoms with E-state index in [4.69, 9.17) is 9.47 Å². The summed E-state index contributed by atoms with van der Waals surface area (Å²) in [5, 5.41) is 0. The van der Waals surface area contributed by atoms with Crippen LogP contribution in [-0.2, 0) is 9.47 Å². The third-order valence-electron chi connectivity index (χ3n) is 2.74. The zero-order valence-corrected chi connectivity index (χ0v) is 11.7. The minimum Gasteiger partial charge on any atom is -0.379 e. The van der Waals surface area contributed by atoms with E-state index in [9.17, 15) is 4.79 Å². The van der Waals surface area contributed by atoms with E-state index in [-0.39, 0.29) is 18.5 Å². The van der Waals surface area contributed by atoms with Gasteiger partial charge in [-0.2, -0.15) is 0 Å². The van der Waals surface area contributed by atoms with Crippen molar-refractivity contribution >= 4 is 5.78 Å². The molecular formula is C15H22O3. The summed E-state index contributed by atoms with van der Waals surface area (Å²) in [4.78, 5) is 12.0.